The number of rotatable bonds is 9. The zero-order valence-electron chi connectivity index (χ0n) is 14.4. The van der Waals surface area contributed by atoms with Crippen LogP contribution in [0.2, 0.25) is 0 Å². The Morgan fingerprint density at radius 3 is 2.33 bits per heavy atom. The van der Waals surface area contributed by atoms with Gasteiger partial charge in [-0.05, 0) is 45.1 Å². The van der Waals surface area contributed by atoms with E-state index >= 15 is 0 Å². The molecule has 2 aromatic carbocycles. The van der Waals surface area contributed by atoms with E-state index in [1.54, 1.807) is 0 Å². The van der Waals surface area contributed by atoms with Crippen LogP contribution in [0.15, 0.2) is 48.5 Å². The van der Waals surface area contributed by atoms with Gasteiger partial charge in [-0.1, -0.05) is 48.0 Å². The third-order valence-electron chi connectivity index (χ3n) is 3.58. The van der Waals surface area contributed by atoms with E-state index in [-0.39, 0.29) is 24.8 Å². The summed E-state index contributed by atoms with van der Waals surface area (Å²) in [5.74, 6) is 0.962. The lowest BCUT2D eigenvalue weighted by Crippen LogP contribution is -2.19. The maximum atomic E-state index is 5.99. The summed E-state index contributed by atoms with van der Waals surface area (Å²) in [6, 6.07) is 16.7. The lowest BCUT2D eigenvalue weighted by atomic mass is 10.1. The monoisotopic (exact) mass is 370 g/mol. The molecule has 0 radical (unpaired) electrons. The molecule has 3 nitrogen and oxygen atoms in total. The molecule has 0 heterocycles. The van der Waals surface area contributed by atoms with Gasteiger partial charge in [-0.15, -0.1) is 24.8 Å². The summed E-state index contributed by atoms with van der Waals surface area (Å²) in [6.45, 7) is 5.59. The standard InChI is InChI=1S/C19H26N2O.2ClH/c1-16-8-10-17(11-9-16)15-22-19-7-4-3-6-18(19)14-21-13-5-12-20-2;;/h3-4,6-11,20-21H,5,12-15H2,1-2H3;2*1H. The van der Waals surface area contributed by atoms with Crippen molar-refractivity contribution in [3.8, 4) is 5.75 Å². The first kappa shape index (κ1) is 22.7. The molecule has 2 rings (SSSR count). The van der Waals surface area contributed by atoms with E-state index in [2.05, 4.69) is 54.0 Å². The van der Waals surface area contributed by atoms with E-state index in [0.717, 1.165) is 31.8 Å². The van der Waals surface area contributed by atoms with Gasteiger partial charge < -0.3 is 15.4 Å². The summed E-state index contributed by atoms with van der Waals surface area (Å²) in [5, 5.41) is 6.62. The number of para-hydroxylation sites is 1. The van der Waals surface area contributed by atoms with Gasteiger partial charge in [0, 0.05) is 12.1 Å². The first-order valence-electron chi connectivity index (χ1n) is 7.91. The Morgan fingerprint density at radius 1 is 0.917 bits per heavy atom. The maximum Gasteiger partial charge on any atom is 0.124 e. The number of aryl methyl sites for hydroxylation is 1. The molecule has 0 saturated carbocycles. The predicted molar refractivity (Wildman–Crippen MR) is 107 cm³/mol. The van der Waals surface area contributed by atoms with Crippen LogP contribution in [0.3, 0.4) is 0 Å². The number of nitrogens with one attached hydrogen (secondary N) is 2. The van der Waals surface area contributed by atoms with Crippen LogP contribution in [0.4, 0.5) is 0 Å². The first-order valence-corrected chi connectivity index (χ1v) is 7.91. The van der Waals surface area contributed by atoms with E-state index in [1.165, 1.54) is 16.7 Å². The molecule has 0 saturated heterocycles. The smallest absolute Gasteiger partial charge is 0.124 e. The third-order valence-corrected chi connectivity index (χ3v) is 3.58. The molecule has 0 unspecified atom stereocenters. The Balaban J connectivity index is 0.00000264. The fourth-order valence-corrected chi connectivity index (χ4v) is 2.25. The minimum atomic E-state index is 0. The van der Waals surface area contributed by atoms with Crippen LogP contribution in [0.1, 0.15) is 23.1 Å². The van der Waals surface area contributed by atoms with Crippen molar-refractivity contribution in [3.05, 3.63) is 65.2 Å². The molecule has 24 heavy (non-hydrogen) atoms. The molecule has 0 amide bonds. The van der Waals surface area contributed by atoms with E-state index in [4.69, 9.17) is 4.74 Å². The Morgan fingerprint density at radius 2 is 1.62 bits per heavy atom. The van der Waals surface area contributed by atoms with Gasteiger partial charge in [0.05, 0.1) is 0 Å². The number of hydrogen-bond donors (Lipinski definition) is 2. The average Bonchev–Trinajstić information content (AvgIpc) is 2.55. The fourth-order valence-electron chi connectivity index (χ4n) is 2.25. The van der Waals surface area contributed by atoms with Crippen LogP contribution in [0.25, 0.3) is 0 Å². The molecular formula is C19H28Cl2N2O. The van der Waals surface area contributed by atoms with Gasteiger partial charge in [-0.25, -0.2) is 0 Å². The molecule has 0 aromatic heterocycles. The van der Waals surface area contributed by atoms with Crippen molar-refractivity contribution in [2.45, 2.75) is 26.5 Å². The van der Waals surface area contributed by atoms with E-state index in [1.807, 2.05) is 19.2 Å². The van der Waals surface area contributed by atoms with Gasteiger partial charge in [-0.2, -0.15) is 0 Å². The molecule has 2 aromatic rings. The molecule has 0 aliphatic heterocycles. The highest BCUT2D eigenvalue weighted by Crippen LogP contribution is 2.19. The number of benzene rings is 2. The molecule has 5 heteroatoms. The largest absolute Gasteiger partial charge is 0.489 e. The van der Waals surface area contributed by atoms with Gasteiger partial charge >= 0.3 is 0 Å². The normalized spacial score (nSPS) is 9.75. The minimum Gasteiger partial charge on any atom is -0.489 e. The zero-order chi connectivity index (χ0) is 15.6. The van der Waals surface area contributed by atoms with E-state index in [0.29, 0.717) is 6.61 Å². The molecule has 2 N–H and O–H groups in total. The quantitative estimate of drug-likeness (QED) is 0.651. The van der Waals surface area contributed by atoms with Gasteiger partial charge in [0.2, 0.25) is 0 Å². The van der Waals surface area contributed by atoms with Gasteiger partial charge in [0.1, 0.15) is 12.4 Å². The van der Waals surface area contributed by atoms with Gasteiger partial charge in [0.25, 0.3) is 0 Å². The molecule has 0 spiro atoms. The van der Waals surface area contributed by atoms with Crippen LogP contribution in [-0.4, -0.2) is 20.1 Å². The lowest BCUT2D eigenvalue weighted by molar-refractivity contribution is 0.302. The van der Waals surface area contributed by atoms with Crippen molar-refractivity contribution in [2.75, 3.05) is 20.1 Å². The molecule has 0 aliphatic rings. The summed E-state index contributed by atoms with van der Waals surface area (Å²) < 4.78 is 5.99. The van der Waals surface area contributed by atoms with Crippen LogP contribution >= 0.6 is 24.8 Å². The molecule has 0 bridgehead atoms. The van der Waals surface area contributed by atoms with Crippen LogP contribution < -0.4 is 15.4 Å². The van der Waals surface area contributed by atoms with Crippen LogP contribution in [0, 0.1) is 6.92 Å². The SMILES string of the molecule is CNCCCNCc1ccccc1OCc1ccc(C)cc1.Cl.Cl. The minimum absolute atomic E-state index is 0. The van der Waals surface area contributed by atoms with E-state index in [9.17, 15) is 0 Å². The van der Waals surface area contributed by atoms with Crippen LogP contribution in [-0.2, 0) is 13.2 Å². The second-order valence-corrected chi connectivity index (χ2v) is 5.52. The van der Waals surface area contributed by atoms with Crippen molar-refractivity contribution in [3.63, 3.8) is 0 Å². The molecule has 0 atom stereocenters. The summed E-state index contributed by atoms with van der Waals surface area (Å²) in [6.07, 6.45) is 1.13. The highest BCUT2D eigenvalue weighted by molar-refractivity contribution is 5.85. The number of halogens is 2. The summed E-state index contributed by atoms with van der Waals surface area (Å²) in [5.41, 5.74) is 3.68. The highest BCUT2D eigenvalue weighted by atomic mass is 35.5. The number of hydrogen-bond acceptors (Lipinski definition) is 3. The first-order chi connectivity index (χ1) is 10.8. The second kappa shape index (κ2) is 13.1. The van der Waals surface area contributed by atoms with Crippen molar-refractivity contribution in [1.82, 2.24) is 10.6 Å². The number of ether oxygens (including phenoxy) is 1. The maximum absolute atomic E-state index is 5.99. The van der Waals surface area contributed by atoms with Crippen LogP contribution in [0.5, 0.6) is 5.75 Å². The Kier molecular flexibility index (Phi) is 12.4. The average molecular weight is 371 g/mol. The fraction of sp³-hybridized carbons (Fsp3) is 0.368. The summed E-state index contributed by atoms with van der Waals surface area (Å²) >= 11 is 0. The Labute approximate surface area is 158 Å². The predicted octanol–water partition coefficient (Wildman–Crippen LogP) is 4.12. The summed E-state index contributed by atoms with van der Waals surface area (Å²) in [7, 11) is 1.98. The van der Waals surface area contributed by atoms with Crippen molar-refractivity contribution in [2.24, 2.45) is 0 Å². The molecule has 0 aliphatic carbocycles. The molecule has 0 fully saturated rings. The van der Waals surface area contributed by atoms with Crippen molar-refractivity contribution < 1.29 is 4.74 Å². The Hall–Kier alpha value is -1.26. The molecule has 134 valence electrons. The zero-order valence-corrected chi connectivity index (χ0v) is 16.0. The Bertz CT molecular complexity index is 562. The van der Waals surface area contributed by atoms with Crippen molar-refractivity contribution in [1.29, 1.82) is 0 Å². The van der Waals surface area contributed by atoms with Crippen molar-refractivity contribution >= 4 is 24.8 Å². The van der Waals surface area contributed by atoms with Gasteiger partial charge in [0.15, 0.2) is 0 Å². The lowest BCUT2D eigenvalue weighted by Gasteiger charge is -2.12. The second-order valence-electron chi connectivity index (χ2n) is 5.52. The van der Waals surface area contributed by atoms with E-state index < -0.39 is 0 Å². The molecular weight excluding hydrogens is 343 g/mol. The van der Waals surface area contributed by atoms with Gasteiger partial charge in [-0.3, -0.25) is 0 Å². The highest BCUT2D eigenvalue weighted by Gasteiger charge is 2.03. The topological polar surface area (TPSA) is 33.3 Å². The summed E-state index contributed by atoms with van der Waals surface area (Å²) in [4.78, 5) is 0. The third kappa shape index (κ3) is 8.02.